The topological polar surface area (TPSA) is 81.5 Å². The van der Waals surface area contributed by atoms with Crippen molar-refractivity contribution in [1.82, 2.24) is 4.98 Å². The lowest BCUT2D eigenvalue weighted by atomic mass is 10.1. The third kappa shape index (κ3) is 2.98. The first kappa shape index (κ1) is 13.5. The van der Waals surface area contributed by atoms with Gasteiger partial charge in [-0.25, -0.2) is 4.98 Å². The lowest BCUT2D eigenvalue weighted by molar-refractivity contribution is 0.259. The minimum atomic E-state index is 0.0859. The molecule has 0 aliphatic rings. The number of aliphatic hydroxyl groups is 1. The highest BCUT2D eigenvalue weighted by Gasteiger charge is 2.08. The number of nitrogens with zero attached hydrogens (tertiary/aromatic N) is 1. The average molecular weight is 284 g/mol. The number of nitrogen functional groups attached to an aromatic ring is 1. The maximum Gasteiger partial charge on any atom is 0.233 e. The van der Waals surface area contributed by atoms with E-state index >= 15 is 0 Å². The van der Waals surface area contributed by atoms with E-state index in [1.807, 2.05) is 24.3 Å². The molecule has 0 saturated heterocycles. The van der Waals surface area contributed by atoms with Gasteiger partial charge in [-0.1, -0.05) is 18.2 Å². The van der Waals surface area contributed by atoms with Gasteiger partial charge in [-0.15, -0.1) is 0 Å². The second-order valence-corrected chi connectivity index (χ2v) is 4.70. The molecule has 0 amide bonds. The fraction of sp³-hybridized carbons (Fsp3) is 0.188. The molecule has 0 spiro atoms. The summed E-state index contributed by atoms with van der Waals surface area (Å²) in [6.45, 7) is 0.319. The van der Waals surface area contributed by atoms with Gasteiger partial charge in [0.05, 0.1) is 0 Å². The predicted molar refractivity (Wildman–Crippen MR) is 80.0 cm³/mol. The highest BCUT2D eigenvalue weighted by atomic mass is 16.5. The maximum absolute atomic E-state index is 9.05. The zero-order valence-electron chi connectivity index (χ0n) is 11.5. The molecule has 2 aromatic carbocycles. The van der Waals surface area contributed by atoms with E-state index in [9.17, 15) is 0 Å². The van der Waals surface area contributed by atoms with Gasteiger partial charge < -0.3 is 20.0 Å². The lowest BCUT2D eigenvalue weighted by Gasteiger charge is -2.08. The fourth-order valence-electron chi connectivity index (χ4n) is 2.17. The standard InChI is InChI=1S/C16H16N2O3/c17-12-5-6-15-13(9-12)18-16(21-15)10-20-14-4-2-1-3-11(14)7-8-19/h1-6,9,19H,7-8,10,17H2. The van der Waals surface area contributed by atoms with Crippen LogP contribution in [0, 0.1) is 0 Å². The van der Waals surface area contributed by atoms with Crippen LogP contribution in [-0.4, -0.2) is 16.7 Å². The van der Waals surface area contributed by atoms with Crippen LogP contribution < -0.4 is 10.5 Å². The van der Waals surface area contributed by atoms with Crippen molar-refractivity contribution in [3.63, 3.8) is 0 Å². The van der Waals surface area contributed by atoms with Gasteiger partial charge in [-0.2, -0.15) is 0 Å². The van der Waals surface area contributed by atoms with Gasteiger partial charge in [0.1, 0.15) is 11.3 Å². The van der Waals surface area contributed by atoms with Crippen LogP contribution in [-0.2, 0) is 13.0 Å². The molecule has 5 heteroatoms. The van der Waals surface area contributed by atoms with Crippen molar-refractivity contribution in [3.8, 4) is 5.75 Å². The molecule has 0 radical (unpaired) electrons. The van der Waals surface area contributed by atoms with E-state index in [2.05, 4.69) is 4.98 Å². The van der Waals surface area contributed by atoms with Gasteiger partial charge in [0.2, 0.25) is 5.89 Å². The van der Waals surface area contributed by atoms with Crippen LogP contribution in [0.3, 0.4) is 0 Å². The molecular weight excluding hydrogens is 268 g/mol. The number of nitrogens with two attached hydrogens (primary N) is 1. The highest BCUT2D eigenvalue weighted by molar-refractivity contribution is 5.76. The average Bonchev–Trinajstić information content (AvgIpc) is 2.88. The molecule has 3 N–H and O–H groups in total. The minimum Gasteiger partial charge on any atom is -0.484 e. The Morgan fingerprint density at radius 1 is 1.19 bits per heavy atom. The molecule has 0 saturated carbocycles. The SMILES string of the molecule is Nc1ccc2oc(COc3ccccc3CCO)nc2c1. The lowest BCUT2D eigenvalue weighted by Crippen LogP contribution is -2.00. The van der Waals surface area contributed by atoms with Crippen LogP contribution in [0.25, 0.3) is 11.1 Å². The fourth-order valence-corrected chi connectivity index (χ4v) is 2.17. The summed E-state index contributed by atoms with van der Waals surface area (Å²) in [5.74, 6) is 1.22. The number of para-hydroxylation sites is 1. The number of aliphatic hydroxyl groups excluding tert-OH is 1. The zero-order chi connectivity index (χ0) is 14.7. The Labute approximate surface area is 122 Å². The van der Waals surface area contributed by atoms with E-state index in [4.69, 9.17) is 20.0 Å². The summed E-state index contributed by atoms with van der Waals surface area (Å²) in [4.78, 5) is 4.34. The summed E-state index contributed by atoms with van der Waals surface area (Å²) in [5, 5.41) is 9.05. The Morgan fingerprint density at radius 2 is 2.05 bits per heavy atom. The van der Waals surface area contributed by atoms with Crippen molar-refractivity contribution in [3.05, 3.63) is 53.9 Å². The number of hydrogen-bond donors (Lipinski definition) is 2. The summed E-state index contributed by atoms with van der Waals surface area (Å²) in [6, 6.07) is 12.9. The molecule has 1 aromatic heterocycles. The molecule has 21 heavy (non-hydrogen) atoms. The van der Waals surface area contributed by atoms with Crippen molar-refractivity contribution in [1.29, 1.82) is 0 Å². The number of anilines is 1. The third-order valence-electron chi connectivity index (χ3n) is 3.16. The summed E-state index contributed by atoms with van der Waals surface area (Å²) < 4.78 is 11.3. The molecule has 0 aliphatic heterocycles. The van der Waals surface area contributed by atoms with E-state index in [1.165, 1.54) is 0 Å². The third-order valence-corrected chi connectivity index (χ3v) is 3.16. The van der Waals surface area contributed by atoms with E-state index in [1.54, 1.807) is 18.2 Å². The molecule has 0 fully saturated rings. The second kappa shape index (κ2) is 5.85. The first-order chi connectivity index (χ1) is 10.3. The Bertz CT molecular complexity index is 752. The van der Waals surface area contributed by atoms with Crippen molar-refractivity contribution >= 4 is 16.8 Å². The van der Waals surface area contributed by atoms with Crippen molar-refractivity contribution in [2.75, 3.05) is 12.3 Å². The molecule has 0 unspecified atom stereocenters. The Kier molecular flexibility index (Phi) is 3.75. The van der Waals surface area contributed by atoms with Gasteiger partial charge in [0, 0.05) is 12.3 Å². The summed E-state index contributed by atoms with van der Waals surface area (Å²) in [6.07, 6.45) is 0.556. The molecule has 0 atom stereocenters. The van der Waals surface area contributed by atoms with E-state index < -0.39 is 0 Å². The van der Waals surface area contributed by atoms with Crippen molar-refractivity contribution in [2.24, 2.45) is 0 Å². The molecule has 3 aromatic rings. The van der Waals surface area contributed by atoms with Crippen LogP contribution >= 0.6 is 0 Å². The number of aromatic nitrogens is 1. The van der Waals surface area contributed by atoms with Gasteiger partial charge in [-0.05, 0) is 36.2 Å². The Balaban J connectivity index is 1.77. The van der Waals surface area contributed by atoms with E-state index in [-0.39, 0.29) is 13.2 Å². The maximum atomic E-state index is 9.05. The zero-order valence-corrected chi connectivity index (χ0v) is 11.5. The first-order valence-corrected chi connectivity index (χ1v) is 6.73. The minimum absolute atomic E-state index is 0.0859. The monoisotopic (exact) mass is 284 g/mol. The number of oxazole rings is 1. The first-order valence-electron chi connectivity index (χ1n) is 6.73. The smallest absolute Gasteiger partial charge is 0.233 e. The van der Waals surface area contributed by atoms with Gasteiger partial charge in [0.15, 0.2) is 12.2 Å². The molecule has 5 nitrogen and oxygen atoms in total. The molecule has 0 bridgehead atoms. The van der Waals surface area contributed by atoms with E-state index in [0.29, 0.717) is 23.6 Å². The van der Waals surface area contributed by atoms with Gasteiger partial charge in [0.25, 0.3) is 0 Å². The van der Waals surface area contributed by atoms with Crippen molar-refractivity contribution < 1.29 is 14.3 Å². The number of rotatable bonds is 5. The Hall–Kier alpha value is -2.53. The molecule has 1 heterocycles. The molecule has 3 rings (SSSR count). The van der Waals surface area contributed by atoms with Crippen LogP contribution in [0.1, 0.15) is 11.5 Å². The summed E-state index contributed by atoms with van der Waals surface area (Å²) in [5.41, 5.74) is 8.73. The van der Waals surface area contributed by atoms with Crippen LogP contribution in [0.2, 0.25) is 0 Å². The molecule has 108 valence electrons. The molecule has 0 aliphatic carbocycles. The van der Waals surface area contributed by atoms with Crippen LogP contribution in [0.4, 0.5) is 5.69 Å². The molecular formula is C16H16N2O3. The van der Waals surface area contributed by atoms with E-state index in [0.717, 1.165) is 16.8 Å². The highest BCUT2D eigenvalue weighted by Crippen LogP contribution is 2.22. The van der Waals surface area contributed by atoms with Gasteiger partial charge in [-0.3, -0.25) is 0 Å². The predicted octanol–water partition coefficient (Wildman–Crippen LogP) is 2.52. The number of hydrogen-bond acceptors (Lipinski definition) is 5. The normalized spacial score (nSPS) is 10.9. The van der Waals surface area contributed by atoms with Gasteiger partial charge >= 0.3 is 0 Å². The summed E-state index contributed by atoms with van der Waals surface area (Å²) in [7, 11) is 0. The Morgan fingerprint density at radius 3 is 2.90 bits per heavy atom. The van der Waals surface area contributed by atoms with Crippen LogP contribution in [0.5, 0.6) is 5.75 Å². The van der Waals surface area contributed by atoms with Crippen LogP contribution in [0.15, 0.2) is 46.9 Å². The quantitative estimate of drug-likeness (QED) is 0.704. The largest absolute Gasteiger partial charge is 0.484 e. The number of benzene rings is 2. The number of ether oxygens (including phenoxy) is 1. The number of fused-ring (bicyclic) bond motifs is 1. The van der Waals surface area contributed by atoms with Crippen molar-refractivity contribution in [2.45, 2.75) is 13.0 Å². The second-order valence-electron chi connectivity index (χ2n) is 4.70. The summed E-state index contributed by atoms with van der Waals surface area (Å²) >= 11 is 0.